The number of ether oxygens (including phenoxy) is 2. The Bertz CT molecular complexity index is 729. The molecular weight excluding hydrogens is 326 g/mol. The van der Waals surface area contributed by atoms with Crippen LogP contribution in [-0.4, -0.2) is 33.3 Å². The van der Waals surface area contributed by atoms with Crippen LogP contribution in [0.15, 0.2) is 47.5 Å². The van der Waals surface area contributed by atoms with Crippen LogP contribution in [0.5, 0.6) is 11.5 Å². The van der Waals surface area contributed by atoms with E-state index in [-0.39, 0.29) is 0 Å². The molecule has 0 aromatic heterocycles. The largest absolute Gasteiger partial charge is 0.496 e. The van der Waals surface area contributed by atoms with Crippen LogP contribution in [0.4, 0.5) is 0 Å². The topological polar surface area (TPSA) is 54.9 Å². The molecule has 0 amide bonds. The molecule has 2 aromatic rings. The summed E-state index contributed by atoms with van der Waals surface area (Å²) in [6, 6.07) is 14.4. The van der Waals surface area contributed by atoms with Crippen molar-refractivity contribution in [2.45, 2.75) is 26.8 Å². The van der Waals surface area contributed by atoms with E-state index in [1.807, 2.05) is 32.0 Å². The van der Waals surface area contributed by atoms with Crippen LogP contribution in [-0.2, 0) is 13.0 Å². The Hall–Kier alpha value is -2.69. The fourth-order valence-corrected chi connectivity index (χ4v) is 2.66. The van der Waals surface area contributed by atoms with Gasteiger partial charge < -0.3 is 20.1 Å². The first-order chi connectivity index (χ1) is 12.7. The van der Waals surface area contributed by atoms with Gasteiger partial charge >= 0.3 is 0 Å². The number of guanidine groups is 1. The van der Waals surface area contributed by atoms with Crippen LogP contribution in [0.2, 0.25) is 0 Å². The Morgan fingerprint density at radius 1 is 1.08 bits per heavy atom. The molecule has 0 aliphatic heterocycles. The molecule has 2 rings (SSSR count). The molecule has 5 nitrogen and oxygen atoms in total. The maximum absolute atomic E-state index is 5.54. The lowest BCUT2D eigenvalue weighted by atomic mass is 10.1. The molecule has 0 aliphatic carbocycles. The Morgan fingerprint density at radius 2 is 1.92 bits per heavy atom. The molecule has 0 fully saturated rings. The van der Waals surface area contributed by atoms with Gasteiger partial charge in [0, 0.05) is 20.1 Å². The first kappa shape index (κ1) is 19.6. The average Bonchev–Trinajstić information content (AvgIpc) is 2.66. The summed E-state index contributed by atoms with van der Waals surface area (Å²) in [4.78, 5) is 4.28. The number of methoxy groups -OCH3 is 1. The average molecular weight is 355 g/mol. The van der Waals surface area contributed by atoms with Gasteiger partial charge in [0.25, 0.3) is 0 Å². The second-order valence-corrected chi connectivity index (χ2v) is 5.99. The zero-order valence-electron chi connectivity index (χ0n) is 16.1. The Labute approximate surface area is 156 Å². The fraction of sp³-hybridized carbons (Fsp3) is 0.381. The quantitative estimate of drug-likeness (QED) is 0.563. The summed E-state index contributed by atoms with van der Waals surface area (Å²) >= 11 is 0. The molecule has 0 unspecified atom stereocenters. The van der Waals surface area contributed by atoms with Gasteiger partial charge in [-0.1, -0.05) is 24.3 Å². The number of hydrogen-bond acceptors (Lipinski definition) is 3. The fourth-order valence-electron chi connectivity index (χ4n) is 2.66. The van der Waals surface area contributed by atoms with Crippen LogP contribution >= 0.6 is 0 Å². The molecule has 0 aliphatic rings. The van der Waals surface area contributed by atoms with Crippen LogP contribution in [0, 0.1) is 6.92 Å². The van der Waals surface area contributed by atoms with Crippen molar-refractivity contribution in [3.05, 3.63) is 59.2 Å². The number of hydrogen-bond donors (Lipinski definition) is 2. The lowest BCUT2D eigenvalue weighted by molar-refractivity contribution is 0.340. The monoisotopic (exact) mass is 355 g/mol. The Morgan fingerprint density at radius 3 is 2.65 bits per heavy atom. The molecule has 0 atom stereocenters. The number of aliphatic imine (C=N–C) groups is 1. The van der Waals surface area contributed by atoms with E-state index >= 15 is 0 Å². The predicted octanol–water partition coefficient (Wildman–Crippen LogP) is 3.31. The minimum Gasteiger partial charge on any atom is -0.496 e. The van der Waals surface area contributed by atoms with E-state index in [4.69, 9.17) is 9.47 Å². The summed E-state index contributed by atoms with van der Waals surface area (Å²) in [5.74, 6) is 2.60. The number of benzene rings is 2. The first-order valence-corrected chi connectivity index (χ1v) is 8.96. The predicted molar refractivity (Wildman–Crippen MR) is 107 cm³/mol. The van der Waals surface area contributed by atoms with E-state index in [1.54, 1.807) is 14.2 Å². The molecule has 0 spiro atoms. The van der Waals surface area contributed by atoms with Crippen molar-refractivity contribution < 1.29 is 9.47 Å². The highest BCUT2D eigenvalue weighted by Crippen LogP contribution is 2.19. The van der Waals surface area contributed by atoms with E-state index in [0.717, 1.165) is 41.6 Å². The van der Waals surface area contributed by atoms with E-state index < -0.39 is 0 Å². The van der Waals surface area contributed by atoms with Crippen molar-refractivity contribution >= 4 is 5.96 Å². The third-order valence-electron chi connectivity index (χ3n) is 4.07. The molecule has 140 valence electrons. The third-order valence-corrected chi connectivity index (χ3v) is 4.07. The molecule has 2 N–H and O–H groups in total. The van der Waals surface area contributed by atoms with Gasteiger partial charge in [0.2, 0.25) is 0 Å². The second-order valence-electron chi connectivity index (χ2n) is 5.99. The summed E-state index contributed by atoms with van der Waals surface area (Å²) in [5.41, 5.74) is 3.54. The summed E-state index contributed by atoms with van der Waals surface area (Å²) in [6.45, 7) is 6.20. The van der Waals surface area contributed by atoms with Crippen molar-refractivity contribution in [2.75, 3.05) is 27.3 Å². The number of nitrogens with zero attached hydrogens (tertiary/aromatic N) is 1. The molecular formula is C21H29N3O2. The third kappa shape index (κ3) is 5.99. The van der Waals surface area contributed by atoms with Crippen molar-refractivity contribution in [1.29, 1.82) is 0 Å². The highest BCUT2D eigenvalue weighted by Gasteiger charge is 2.03. The molecule has 0 saturated carbocycles. The van der Waals surface area contributed by atoms with Crippen LogP contribution in [0.1, 0.15) is 23.6 Å². The summed E-state index contributed by atoms with van der Waals surface area (Å²) in [5, 5.41) is 6.68. The maximum Gasteiger partial charge on any atom is 0.191 e. The molecule has 2 aromatic carbocycles. The van der Waals surface area contributed by atoms with Crippen molar-refractivity contribution in [3.8, 4) is 11.5 Å². The Balaban J connectivity index is 1.82. The standard InChI is InChI=1S/C21H29N3O2/c1-5-26-19-8-6-7-18(13-19)15-24-21(22-3)23-12-11-17-10-9-16(2)20(14-17)25-4/h6-10,13-14H,5,11-12,15H2,1-4H3,(H2,22,23,24). The van der Waals surface area contributed by atoms with Crippen LogP contribution in [0.25, 0.3) is 0 Å². The molecule has 0 saturated heterocycles. The minimum atomic E-state index is 0.671. The van der Waals surface area contributed by atoms with Gasteiger partial charge in [-0.3, -0.25) is 4.99 Å². The van der Waals surface area contributed by atoms with Gasteiger partial charge in [-0.15, -0.1) is 0 Å². The molecule has 5 heteroatoms. The van der Waals surface area contributed by atoms with E-state index in [1.165, 1.54) is 5.56 Å². The normalized spacial score (nSPS) is 11.2. The molecule has 26 heavy (non-hydrogen) atoms. The van der Waals surface area contributed by atoms with Crippen molar-refractivity contribution in [2.24, 2.45) is 4.99 Å². The maximum atomic E-state index is 5.54. The van der Waals surface area contributed by atoms with Gasteiger partial charge in [-0.05, 0) is 55.2 Å². The molecule has 0 bridgehead atoms. The van der Waals surface area contributed by atoms with Gasteiger partial charge in [0.15, 0.2) is 5.96 Å². The highest BCUT2D eigenvalue weighted by atomic mass is 16.5. The van der Waals surface area contributed by atoms with Crippen LogP contribution in [0.3, 0.4) is 0 Å². The summed E-state index contributed by atoms with van der Waals surface area (Å²) in [7, 11) is 3.48. The summed E-state index contributed by atoms with van der Waals surface area (Å²) < 4.78 is 10.9. The smallest absolute Gasteiger partial charge is 0.191 e. The van der Waals surface area contributed by atoms with Gasteiger partial charge in [0.05, 0.1) is 13.7 Å². The lowest BCUT2D eigenvalue weighted by Crippen LogP contribution is -2.37. The minimum absolute atomic E-state index is 0.671. The van der Waals surface area contributed by atoms with Gasteiger partial charge in [-0.25, -0.2) is 0 Å². The zero-order chi connectivity index (χ0) is 18.8. The summed E-state index contributed by atoms with van der Waals surface area (Å²) in [6.07, 6.45) is 0.900. The number of nitrogens with one attached hydrogen (secondary N) is 2. The second kappa shape index (κ2) is 10.3. The van der Waals surface area contributed by atoms with Crippen LogP contribution < -0.4 is 20.1 Å². The van der Waals surface area contributed by atoms with Gasteiger partial charge in [-0.2, -0.15) is 0 Å². The SMILES string of the molecule is CCOc1cccc(CNC(=NC)NCCc2ccc(C)c(OC)c2)c1. The van der Waals surface area contributed by atoms with Crippen molar-refractivity contribution in [1.82, 2.24) is 10.6 Å². The zero-order valence-corrected chi connectivity index (χ0v) is 16.1. The number of rotatable bonds is 8. The Kier molecular flexibility index (Phi) is 7.80. The van der Waals surface area contributed by atoms with Crippen molar-refractivity contribution in [3.63, 3.8) is 0 Å². The van der Waals surface area contributed by atoms with E-state index in [2.05, 4.69) is 39.9 Å². The van der Waals surface area contributed by atoms with E-state index in [0.29, 0.717) is 13.2 Å². The molecule has 0 radical (unpaired) electrons. The highest BCUT2D eigenvalue weighted by molar-refractivity contribution is 5.79. The lowest BCUT2D eigenvalue weighted by Gasteiger charge is -2.13. The van der Waals surface area contributed by atoms with E-state index in [9.17, 15) is 0 Å². The van der Waals surface area contributed by atoms with Gasteiger partial charge in [0.1, 0.15) is 11.5 Å². The number of aryl methyl sites for hydroxylation is 1. The molecule has 0 heterocycles. The first-order valence-electron chi connectivity index (χ1n) is 8.96.